The number of halogens is 2. The molecular weight excluding hydrogens is 321 g/mol. The van der Waals surface area contributed by atoms with E-state index >= 15 is 0 Å². The Kier molecular flexibility index (Phi) is 10.7. The van der Waals surface area contributed by atoms with E-state index in [9.17, 15) is 4.79 Å². The van der Waals surface area contributed by atoms with Gasteiger partial charge < -0.3 is 15.5 Å². The summed E-state index contributed by atoms with van der Waals surface area (Å²) in [6.07, 6.45) is 5.39. The molecule has 2 aliphatic heterocycles. The molecule has 22 heavy (non-hydrogen) atoms. The molecule has 0 saturated carbocycles. The maximum Gasteiger partial charge on any atom is 0.220 e. The van der Waals surface area contributed by atoms with Crippen LogP contribution in [0.1, 0.15) is 46.0 Å². The van der Waals surface area contributed by atoms with E-state index in [4.69, 9.17) is 0 Å². The van der Waals surface area contributed by atoms with Gasteiger partial charge in [-0.3, -0.25) is 4.79 Å². The van der Waals surface area contributed by atoms with Gasteiger partial charge in [0.15, 0.2) is 0 Å². The normalized spacial score (nSPS) is 30.6. The van der Waals surface area contributed by atoms with E-state index in [0.717, 1.165) is 32.5 Å². The Balaban J connectivity index is 0.00000220. The smallest absolute Gasteiger partial charge is 0.220 e. The molecule has 2 heterocycles. The summed E-state index contributed by atoms with van der Waals surface area (Å²) in [5.41, 5.74) is 0. The minimum absolute atomic E-state index is 0. The largest absolute Gasteiger partial charge is 0.353 e. The lowest BCUT2D eigenvalue weighted by Gasteiger charge is -2.35. The van der Waals surface area contributed by atoms with Crippen molar-refractivity contribution in [2.75, 3.05) is 26.7 Å². The Labute approximate surface area is 148 Å². The van der Waals surface area contributed by atoms with Crippen LogP contribution in [0.2, 0.25) is 0 Å². The van der Waals surface area contributed by atoms with E-state index in [-0.39, 0.29) is 30.7 Å². The molecule has 0 aromatic heterocycles. The summed E-state index contributed by atoms with van der Waals surface area (Å²) in [5.74, 6) is 1.42. The molecule has 2 N–H and O–H groups in total. The molecule has 4 atom stereocenters. The Morgan fingerprint density at radius 2 is 2.09 bits per heavy atom. The molecule has 0 radical (unpaired) electrons. The minimum Gasteiger partial charge on any atom is -0.353 e. The Morgan fingerprint density at radius 3 is 2.68 bits per heavy atom. The van der Waals surface area contributed by atoms with Crippen molar-refractivity contribution in [3.63, 3.8) is 0 Å². The third-order valence-electron chi connectivity index (χ3n) is 5.22. The highest BCUT2D eigenvalue weighted by Crippen LogP contribution is 2.23. The number of hydrogen-bond acceptors (Lipinski definition) is 3. The number of likely N-dealkylation sites (tertiary alicyclic amines) is 1. The van der Waals surface area contributed by atoms with Gasteiger partial charge in [0.25, 0.3) is 0 Å². The summed E-state index contributed by atoms with van der Waals surface area (Å²) in [5, 5.41) is 6.70. The summed E-state index contributed by atoms with van der Waals surface area (Å²) < 4.78 is 0. The van der Waals surface area contributed by atoms with Crippen LogP contribution in [0.3, 0.4) is 0 Å². The van der Waals surface area contributed by atoms with E-state index < -0.39 is 0 Å². The monoisotopic (exact) mass is 353 g/mol. The van der Waals surface area contributed by atoms with Crippen molar-refractivity contribution in [2.45, 2.75) is 58.0 Å². The van der Waals surface area contributed by atoms with Gasteiger partial charge in [0.05, 0.1) is 0 Å². The SMILES string of the molecule is CC(CC(=O)NC1CCN(C)C(C)C1)C1CCCNC1.Cl.Cl. The second kappa shape index (κ2) is 10.7. The lowest BCUT2D eigenvalue weighted by molar-refractivity contribution is -0.123. The number of nitrogens with one attached hydrogen (secondary N) is 2. The quantitative estimate of drug-likeness (QED) is 0.815. The van der Waals surface area contributed by atoms with Crippen LogP contribution >= 0.6 is 24.8 Å². The lowest BCUT2D eigenvalue weighted by Crippen LogP contribution is -2.47. The summed E-state index contributed by atoms with van der Waals surface area (Å²) >= 11 is 0. The van der Waals surface area contributed by atoms with Crippen LogP contribution < -0.4 is 10.6 Å². The molecule has 132 valence electrons. The van der Waals surface area contributed by atoms with Crippen molar-refractivity contribution in [3.05, 3.63) is 0 Å². The van der Waals surface area contributed by atoms with Crippen molar-refractivity contribution >= 4 is 30.7 Å². The molecule has 2 aliphatic rings. The minimum atomic E-state index is 0. The van der Waals surface area contributed by atoms with E-state index in [1.165, 1.54) is 12.8 Å². The molecule has 2 rings (SSSR count). The third kappa shape index (κ3) is 6.61. The molecule has 0 aliphatic carbocycles. The van der Waals surface area contributed by atoms with Crippen LogP contribution in [0.25, 0.3) is 0 Å². The summed E-state index contributed by atoms with van der Waals surface area (Å²) in [6.45, 7) is 7.79. The number of carbonyl (C=O) groups excluding carboxylic acids is 1. The standard InChI is InChI=1S/C16H31N3O.2ClH/c1-12(14-5-4-7-17-11-14)9-16(20)18-15-6-8-19(3)13(2)10-15;;/h12-15,17H,4-11H2,1-3H3,(H,18,20);2*1H. The number of hydrogen-bond donors (Lipinski definition) is 2. The van der Waals surface area contributed by atoms with E-state index in [2.05, 4.69) is 36.4 Å². The molecule has 0 aromatic rings. The van der Waals surface area contributed by atoms with Crippen molar-refractivity contribution in [1.82, 2.24) is 15.5 Å². The zero-order chi connectivity index (χ0) is 14.5. The van der Waals surface area contributed by atoms with Gasteiger partial charge in [-0.2, -0.15) is 0 Å². The first kappa shape index (κ1) is 22.0. The van der Waals surface area contributed by atoms with E-state index in [1.807, 2.05) is 0 Å². The zero-order valence-electron chi connectivity index (χ0n) is 14.1. The van der Waals surface area contributed by atoms with Crippen LogP contribution in [0, 0.1) is 11.8 Å². The molecule has 1 amide bonds. The second-order valence-corrected chi connectivity index (χ2v) is 6.91. The average Bonchev–Trinajstić information content (AvgIpc) is 2.44. The van der Waals surface area contributed by atoms with Gasteiger partial charge in [-0.05, 0) is 64.6 Å². The third-order valence-corrected chi connectivity index (χ3v) is 5.22. The maximum atomic E-state index is 12.2. The zero-order valence-corrected chi connectivity index (χ0v) is 15.8. The van der Waals surface area contributed by atoms with Gasteiger partial charge in [0, 0.05) is 25.0 Å². The number of nitrogens with zero attached hydrogens (tertiary/aromatic N) is 1. The van der Waals surface area contributed by atoms with Crippen LogP contribution in [0.5, 0.6) is 0 Å². The van der Waals surface area contributed by atoms with Crippen LogP contribution in [0.4, 0.5) is 0 Å². The van der Waals surface area contributed by atoms with Crippen molar-refractivity contribution < 1.29 is 4.79 Å². The summed E-state index contributed by atoms with van der Waals surface area (Å²) in [7, 11) is 2.17. The van der Waals surface area contributed by atoms with Crippen molar-refractivity contribution in [2.24, 2.45) is 11.8 Å². The number of carbonyl (C=O) groups is 1. The summed E-state index contributed by atoms with van der Waals surface area (Å²) in [4.78, 5) is 14.6. The van der Waals surface area contributed by atoms with E-state index in [0.29, 0.717) is 30.3 Å². The topological polar surface area (TPSA) is 44.4 Å². The number of piperidine rings is 2. The maximum absolute atomic E-state index is 12.2. The molecule has 4 unspecified atom stereocenters. The van der Waals surface area contributed by atoms with Gasteiger partial charge in [-0.25, -0.2) is 0 Å². The van der Waals surface area contributed by atoms with E-state index in [1.54, 1.807) is 0 Å². The van der Waals surface area contributed by atoms with Gasteiger partial charge in [-0.1, -0.05) is 6.92 Å². The lowest BCUT2D eigenvalue weighted by atomic mass is 9.85. The predicted octanol–water partition coefficient (Wildman–Crippen LogP) is 2.45. The Hall–Kier alpha value is -0.0300. The molecule has 2 saturated heterocycles. The fraction of sp³-hybridized carbons (Fsp3) is 0.938. The highest BCUT2D eigenvalue weighted by molar-refractivity contribution is 5.85. The number of amides is 1. The molecule has 0 aromatic carbocycles. The fourth-order valence-corrected chi connectivity index (χ4v) is 3.53. The predicted molar refractivity (Wildman–Crippen MR) is 97.1 cm³/mol. The fourth-order valence-electron chi connectivity index (χ4n) is 3.53. The highest BCUT2D eigenvalue weighted by atomic mass is 35.5. The second-order valence-electron chi connectivity index (χ2n) is 6.91. The molecule has 0 spiro atoms. The van der Waals surface area contributed by atoms with Crippen molar-refractivity contribution in [1.29, 1.82) is 0 Å². The van der Waals surface area contributed by atoms with Crippen LogP contribution in [0.15, 0.2) is 0 Å². The Bertz CT molecular complexity index is 319. The van der Waals surface area contributed by atoms with Crippen LogP contribution in [-0.4, -0.2) is 49.6 Å². The van der Waals surface area contributed by atoms with Gasteiger partial charge in [0.2, 0.25) is 5.91 Å². The molecule has 0 bridgehead atoms. The first-order valence-electron chi connectivity index (χ1n) is 8.26. The summed E-state index contributed by atoms with van der Waals surface area (Å²) in [6, 6.07) is 0.958. The molecule has 6 heteroatoms. The molecule has 4 nitrogen and oxygen atoms in total. The first-order chi connectivity index (χ1) is 9.56. The number of rotatable bonds is 4. The average molecular weight is 354 g/mol. The van der Waals surface area contributed by atoms with Gasteiger partial charge >= 0.3 is 0 Å². The van der Waals surface area contributed by atoms with Crippen LogP contribution in [-0.2, 0) is 4.79 Å². The van der Waals surface area contributed by atoms with Gasteiger partial charge in [-0.15, -0.1) is 24.8 Å². The van der Waals surface area contributed by atoms with Gasteiger partial charge in [0.1, 0.15) is 0 Å². The molecular formula is C16H33Cl2N3O. The first-order valence-corrected chi connectivity index (χ1v) is 8.26. The highest BCUT2D eigenvalue weighted by Gasteiger charge is 2.26. The molecule has 2 fully saturated rings. The Morgan fingerprint density at radius 1 is 1.36 bits per heavy atom. The van der Waals surface area contributed by atoms with Crippen molar-refractivity contribution in [3.8, 4) is 0 Å².